The number of carboxylic acid groups (broad SMARTS) is 4. The summed E-state index contributed by atoms with van der Waals surface area (Å²) in [6.45, 7) is -0.729. The average Bonchev–Trinajstić information content (AvgIpc) is 2.52. The topological polar surface area (TPSA) is 210 Å². The highest BCUT2D eigenvalue weighted by Crippen LogP contribution is 2.18. The lowest BCUT2D eigenvalue weighted by molar-refractivity contribution is 0.0450. The van der Waals surface area contributed by atoms with E-state index >= 15 is 0 Å². The van der Waals surface area contributed by atoms with Crippen molar-refractivity contribution in [2.24, 2.45) is 0 Å². The molecule has 11 nitrogen and oxygen atoms in total. The number of benzene rings is 1. The molecular weight excluding hydrogens is 332 g/mol. The Balaban J connectivity index is 0.000000754. The summed E-state index contributed by atoms with van der Waals surface area (Å²) in [4.78, 5) is 43.1. The number of rotatable bonds is 6. The van der Waals surface area contributed by atoms with Crippen molar-refractivity contribution in [1.29, 1.82) is 0 Å². The highest BCUT2D eigenvalue weighted by Gasteiger charge is 2.24. The molecule has 1 aromatic carbocycles. The summed E-state index contributed by atoms with van der Waals surface area (Å²) in [7, 11) is 0. The number of aliphatic hydroxyl groups is 3. The molecule has 1 rings (SSSR count). The van der Waals surface area contributed by atoms with Crippen LogP contribution in [0.2, 0.25) is 0 Å². The first-order valence-corrected chi connectivity index (χ1v) is 6.07. The Morgan fingerprint density at radius 2 is 0.875 bits per heavy atom. The molecule has 0 unspecified atom stereocenters. The standard InChI is InChI=1S/C10H6O8.C3H8O3/c11-7(12)3-1-4(8(13)14)6(10(17)18)2-5(3)9(15)16;4-1-3(6)2-5/h1-2H,(H,11,12)(H,13,14)(H,15,16)(H,17,18);3-6H,1-2H2. The van der Waals surface area contributed by atoms with Gasteiger partial charge in [0, 0.05) is 0 Å². The molecule has 0 aliphatic heterocycles. The molecule has 11 heteroatoms. The van der Waals surface area contributed by atoms with Gasteiger partial charge in [0.25, 0.3) is 0 Å². The fourth-order valence-corrected chi connectivity index (χ4v) is 1.37. The molecule has 24 heavy (non-hydrogen) atoms. The van der Waals surface area contributed by atoms with Crippen LogP contribution in [-0.2, 0) is 0 Å². The zero-order valence-electron chi connectivity index (χ0n) is 11.9. The van der Waals surface area contributed by atoms with Crippen LogP contribution in [0.4, 0.5) is 0 Å². The van der Waals surface area contributed by atoms with Gasteiger partial charge in [-0.3, -0.25) is 0 Å². The van der Waals surface area contributed by atoms with Crippen molar-refractivity contribution < 1.29 is 54.9 Å². The summed E-state index contributed by atoms with van der Waals surface area (Å²) in [6.07, 6.45) is -0.954. The van der Waals surface area contributed by atoms with E-state index in [2.05, 4.69) is 0 Å². The maximum absolute atomic E-state index is 10.8. The molecule has 0 bridgehead atoms. The van der Waals surface area contributed by atoms with Crippen LogP contribution in [0.15, 0.2) is 12.1 Å². The van der Waals surface area contributed by atoms with Crippen LogP contribution in [0, 0.1) is 0 Å². The molecule has 0 saturated heterocycles. The van der Waals surface area contributed by atoms with Gasteiger partial charge in [-0.2, -0.15) is 0 Å². The third-order valence-electron chi connectivity index (χ3n) is 2.50. The number of hydrogen-bond acceptors (Lipinski definition) is 7. The second kappa shape index (κ2) is 9.19. The summed E-state index contributed by atoms with van der Waals surface area (Å²) in [5.74, 6) is -6.64. The normalized spacial score (nSPS) is 9.83. The lowest BCUT2D eigenvalue weighted by atomic mass is 9.98. The van der Waals surface area contributed by atoms with Crippen molar-refractivity contribution >= 4 is 23.9 Å². The van der Waals surface area contributed by atoms with E-state index in [4.69, 9.17) is 35.7 Å². The molecule has 0 spiro atoms. The molecular formula is C13H14O11. The third kappa shape index (κ3) is 5.64. The van der Waals surface area contributed by atoms with E-state index in [-0.39, 0.29) is 13.2 Å². The zero-order chi connectivity index (χ0) is 19.0. The summed E-state index contributed by atoms with van der Waals surface area (Å²) < 4.78 is 0. The smallest absolute Gasteiger partial charge is 0.336 e. The number of hydrogen-bond donors (Lipinski definition) is 7. The van der Waals surface area contributed by atoms with E-state index in [0.717, 1.165) is 0 Å². The van der Waals surface area contributed by atoms with Gasteiger partial charge in [-0.1, -0.05) is 0 Å². The van der Waals surface area contributed by atoms with Crippen LogP contribution in [0.25, 0.3) is 0 Å². The fraction of sp³-hybridized carbons (Fsp3) is 0.231. The SMILES string of the molecule is O=C(O)c1cc(C(=O)O)c(C(=O)O)cc1C(=O)O.OCC(O)CO. The van der Waals surface area contributed by atoms with Gasteiger partial charge in [0.05, 0.1) is 35.5 Å². The van der Waals surface area contributed by atoms with E-state index in [1.807, 2.05) is 0 Å². The maximum Gasteiger partial charge on any atom is 0.336 e. The molecule has 7 N–H and O–H groups in total. The van der Waals surface area contributed by atoms with Crippen molar-refractivity contribution in [3.05, 3.63) is 34.4 Å². The van der Waals surface area contributed by atoms with E-state index in [0.29, 0.717) is 12.1 Å². The number of aromatic carboxylic acids is 4. The van der Waals surface area contributed by atoms with Gasteiger partial charge in [0.15, 0.2) is 0 Å². The maximum atomic E-state index is 10.8. The molecule has 0 aliphatic rings. The van der Waals surface area contributed by atoms with Crippen LogP contribution < -0.4 is 0 Å². The minimum atomic E-state index is -1.66. The fourth-order valence-electron chi connectivity index (χ4n) is 1.37. The Kier molecular flexibility index (Phi) is 8.04. The van der Waals surface area contributed by atoms with E-state index in [1.54, 1.807) is 0 Å². The largest absolute Gasteiger partial charge is 0.478 e. The highest BCUT2D eigenvalue weighted by atomic mass is 16.4. The van der Waals surface area contributed by atoms with Crippen molar-refractivity contribution in [1.82, 2.24) is 0 Å². The van der Waals surface area contributed by atoms with Gasteiger partial charge in [-0.15, -0.1) is 0 Å². The number of carboxylic acids is 4. The molecule has 0 saturated carbocycles. The van der Waals surface area contributed by atoms with Gasteiger partial charge in [0.1, 0.15) is 6.10 Å². The van der Waals surface area contributed by atoms with E-state index in [9.17, 15) is 19.2 Å². The van der Waals surface area contributed by atoms with E-state index in [1.165, 1.54) is 0 Å². The third-order valence-corrected chi connectivity index (χ3v) is 2.50. The van der Waals surface area contributed by atoms with Gasteiger partial charge in [0.2, 0.25) is 0 Å². The van der Waals surface area contributed by atoms with Gasteiger partial charge < -0.3 is 35.7 Å². The minimum absolute atomic E-state index is 0.365. The molecule has 0 radical (unpaired) electrons. The Labute approximate surface area is 133 Å². The van der Waals surface area contributed by atoms with Crippen molar-refractivity contribution in [2.45, 2.75) is 6.10 Å². The molecule has 0 fully saturated rings. The first-order valence-electron chi connectivity index (χ1n) is 6.07. The van der Waals surface area contributed by atoms with Crippen molar-refractivity contribution in [3.63, 3.8) is 0 Å². The van der Waals surface area contributed by atoms with Crippen molar-refractivity contribution in [2.75, 3.05) is 13.2 Å². The Morgan fingerprint density at radius 1 is 0.667 bits per heavy atom. The first-order chi connectivity index (χ1) is 11.1. The Morgan fingerprint density at radius 3 is 0.958 bits per heavy atom. The van der Waals surface area contributed by atoms with Gasteiger partial charge in [-0.25, -0.2) is 19.2 Å². The highest BCUT2D eigenvalue weighted by molar-refractivity contribution is 6.09. The lowest BCUT2D eigenvalue weighted by Gasteiger charge is -2.06. The Hall–Kier alpha value is -3.02. The van der Waals surface area contributed by atoms with Crippen molar-refractivity contribution in [3.8, 4) is 0 Å². The minimum Gasteiger partial charge on any atom is -0.478 e. The molecule has 0 atom stereocenters. The molecule has 0 amide bonds. The summed E-state index contributed by atoms with van der Waals surface area (Å²) in [5, 5.41) is 59.0. The van der Waals surface area contributed by atoms with Crippen LogP contribution in [0.1, 0.15) is 41.4 Å². The predicted molar refractivity (Wildman–Crippen MR) is 74.5 cm³/mol. The zero-order valence-corrected chi connectivity index (χ0v) is 11.9. The quantitative estimate of drug-likeness (QED) is 0.325. The Bertz CT molecular complexity index is 547. The average molecular weight is 346 g/mol. The predicted octanol–water partition coefficient (Wildman–Crippen LogP) is -1.19. The molecule has 132 valence electrons. The van der Waals surface area contributed by atoms with Gasteiger partial charge in [-0.05, 0) is 12.1 Å². The first kappa shape index (κ1) is 21.0. The summed E-state index contributed by atoms with van der Waals surface area (Å²) in [6, 6.07) is 1.02. The van der Waals surface area contributed by atoms with Crippen LogP contribution in [-0.4, -0.2) is 78.9 Å². The molecule has 0 aromatic heterocycles. The van der Waals surface area contributed by atoms with Crippen LogP contribution in [0.5, 0.6) is 0 Å². The summed E-state index contributed by atoms with van der Waals surface area (Å²) in [5.41, 5.74) is -3.15. The van der Waals surface area contributed by atoms with Crippen LogP contribution >= 0.6 is 0 Å². The summed E-state index contributed by atoms with van der Waals surface area (Å²) >= 11 is 0. The lowest BCUT2D eigenvalue weighted by Crippen LogP contribution is -2.15. The van der Waals surface area contributed by atoms with Crippen LogP contribution in [0.3, 0.4) is 0 Å². The number of carbonyl (C=O) groups is 4. The second-order valence-corrected chi connectivity index (χ2v) is 4.18. The number of aliphatic hydroxyl groups excluding tert-OH is 3. The van der Waals surface area contributed by atoms with Gasteiger partial charge >= 0.3 is 23.9 Å². The monoisotopic (exact) mass is 346 g/mol. The molecule has 1 aromatic rings. The molecule has 0 aliphatic carbocycles. The second-order valence-electron chi connectivity index (χ2n) is 4.18. The van der Waals surface area contributed by atoms with E-state index < -0.39 is 52.2 Å². The molecule has 0 heterocycles.